The molecule has 1 aromatic heterocycles. The molecule has 120 valence electrons. The van der Waals surface area contributed by atoms with Crippen molar-refractivity contribution >= 4 is 11.9 Å². The molecule has 0 bridgehead atoms. The summed E-state index contributed by atoms with van der Waals surface area (Å²) in [6, 6.07) is 6.16. The van der Waals surface area contributed by atoms with E-state index in [1.54, 1.807) is 16.5 Å². The first-order valence-corrected chi connectivity index (χ1v) is 8.20. The molecule has 0 spiro atoms. The second-order valence-corrected chi connectivity index (χ2v) is 6.17. The van der Waals surface area contributed by atoms with Crippen molar-refractivity contribution in [1.29, 1.82) is 0 Å². The van der Waals surface area contributed by atoms with E-state index >= 15 is 0 Å². The molecule has 1 aliphatic heterocycles. The van der Waals surface area contributed by atoms with Crippen LogP contribution in [0.5, 0.6) is 5.75 Å². The molecule has 1 aromatic carbocycles. The van der Waals surface area contributed by atoms with Gasteiger partial charge in [0.25, 0.3) is 5.91 Å². The van der Waals surface area contributed by atoms with E-state index in [-0.39, 0.29) is 5.91 Å². The van der Waals surface area contributed by atoms with Crippen molar-refractivity contribution in [3.05, 3.63) is 35.7 Å². The lowest BCUT2D eigenvalue weighted by Gasteiger charge is -2.28. The molecule has 6 nitrogen and oxygen atoms in total. The first kappa shape index (κ1) is 14.2. The largest absolute Gasteiger partial charge is 0.481 e. The van der Waals surface area contributed by atoms with Gasteiger partial charge >= 0.3 is 0 Å². The number of hydrogen-bond donors (Lipinski definition) is 0. The third-order valence-corrected chi connectivity index (χ3v) is 4.58. The van der Waals surface area contributed by atoms with Gasteiger partial charge in [-0.15, -0.1) is 0 Å². The number of anilines is 1. The highest BCUT2D eigenvalue weighted by Gasteiger charge is 2.29. The number of hydrogen-bond acceptors (Lipinski definition) is 4. The molecule has 2 aliphatic rings. The predicted octanol–water partition coefficient (Wildman–Crippen LogP) is 1.97. The van der Waals surface area contributed by atoms with Crippen molar-refractivity contribution in [3.8, 4) is 5.75 Å². The van der Waals surface area contributed by atoms with Crippen LogP contribution in [0.1, 0.15) is 30.9 Å². The quantitative estimate of drug-likeness (QED) is 0.869. The van der Waals surface area contributed by atoms with Crippen LogP contribution in [-0.4, -0.2) is 33.3 Å². The standard InChI is InChI=1S/C17H20N4O2/c1-12(23-15-7-6-13-4-2-5-14(13)10-15)16(22)20-8-3-9-21-17(20)18-11-19-21/h6-7,10-12H,2-5,8-9H2,1H3/t12-/m0/s1. The Morgan fingerprint density at radius 1 is 1.22 bits per heavy atom. The highest BCUT2D eigenvalue weighted by Crippen LogP contribution is 2.27. The van der Waals surface area contributed by atoms with Crippen molar-refractivity contribution in [2.75, 3.05) is 11.4 Å². The van der Waals surface area contributed by atoms with E-state index < -0.39 is 6.10 Å². The van der Waals surface area contributed by atoms with Crippen LogP contribution < -0.4 is 9.64 Å². The molecule has 0 radical (unpaired) electrons. The van der Waals surface area contributed by atoms with E-state index in [1.807, 2.05) is 6.07 Å². The van der Waals surface area contributed by atoms with Crippen molar-refractivity contribution < 1.29 is 9.53 Å². The van der Waals surface area contributed by atoms with Crippen molar-refractivity contribution in [1.82, 2.24) is 14.8 Å². The molecule has 4 rings (SSSR count). The van der Waals surface area contributed by atoms with Crippen molar-refractivity contribution in [3.63, 3.8) is 0 Å². The van der Waals surface area contributed by atoms with Crippen LogP contribution in [-0.2, 0) is 24.2 Å². The molecule has 6 heteroatoms. The Morgan fingerprint density at radius 3 is 3.00 bits per heavy atom. The maximum atomic E-state index is 12.7. The first-order valence-electron chi connectivity index (χ1n) is 8.20. The number of carbonyl (C=O) groups excluding carboxylic acids is 1. The summed E-state index contributed by atoms with van der Waals surface area (Å²) in [5.74, 6) is 1.31. The number of aromatic nitrogens is 3. The van der Waals surface area contributed by atoms with Crippen LogP contribution in [0.15, 0.2) is 24.5 Å². The molecule has 1 aliphatic carbocycles. The van der Waals surface area contributed by atoms with Gasteiger partial charge in [-0.05, 0) is 55.9 Å². The summed E-state index contributed by atoms with van der Waals surface area (Å²) in [5, 5.41) is 4.14. The minimum absolute atomic E-state index is 0.0700. The van der Waals surface area contributed by atoms with E-state index in [2.05, 4.69) is 22.2 Å². The third-order valence-electron chi connectivity index (χ3n) is 4.58. The minimum Gasteiger partial charge on any atom is -0.481 e. The summed E-state index contributed by atoms with van der Waals surface area (Å²) < 4.78 is 7.66. The molecule has 1 atom stereocenters. The Kier molecular flexibility index (Phi) is 3.52. The zero-order chi connectivity index (χ0) is 15.8. The summed E-state index contributed by atoms with van der Waals surface area (Å²) in [6.07, 6.45) is 5.28. The average molecular weight is 312 g/mol. The lowest BCUT2D eigenvalue weighted by atomic mass is 10.1. The van der Waals surface area contributed by atoms with Crippen LogP contribution in [0.2, 0.25) is 0 Å². The maximum absolute atomic E-state index is 12.7. The highest BCUT2D eigenvalue weighted by atomic mass is 16.5. The number of benzene rings is 1. The van der Waals surface area contributed by atoms with Gasteiger partial charge in [0, 0.05) is 13.1 Å². The van der Waals surface area contributed by atoms with E-state index in [0.29, 0.717) is 12.5 Å². The number of ether oxygens (including phenoxy) is 1. The van der Waals surface area contributed by atoms with Gasteiger partial charge in [0.2, 0.25) is 5.95 Å². The minimum atomic E-state index is -0.544. The zero-order valence-electron chi connectivity index (χ0n) is 13.2. The summed E-state index contributed by atoms with van der Waals surface area (Å²) >= 11 is 0. The fourth-order valence-electron chi connectivity index (χ4n) is 3.41. The maximum Gasteiger partial charge on any atom is 0.270 e. The van der Waals surface area contributed by atoms with Gasteiger partial charge in [-0.3, -0.25) is 9.69 Å². The zero-order valence-corrected chi connectivity index (χ0v) is 13.2. The summed E-state index contributed by atoms with van der Waals surface area (Å²) in [5.41, 5.74) is 2.75. The second kappa shape index (κ2) is 5.68. The number of amides is 1. The number of nitrogens with zero attached hydrogens (tertiary/aromatic N) is 4. The van der Waals surface area contributed by atoms with E-state index in [0.717, 1.165) is 31.6 Å². The molecular formula is C17H20N4O2. The van der Waals surface area contributed by atoms with Crippen molar-refractivity contribution in [2.24, 2.45) is 0 Å². The molecule has 0 fully saturated rings. The predicted molar refractivity (Wildman–Crippen MR) is 85.5 cm³/mol. The van der Waals surface area contributed by atoms with Crippen LogP contribution >= 0.6 is 0 Å². The lowest BCUT2D eigenvalue weighted by Crippen LogP contribution is -2.44. The van der Waals surface area contributed by atoms with Crippen LogP contribution in [0.4, 0.5) is 5.95 Å². The number of aryl methyl sites for hydroxylation is 3. The van der Waals surface area contributed by atoms with Crippen LogP contribution in [0.3, 0.4) is 0 Å². The van der Waals surface area contributed by atoms with Gasteiger partial charge in [0.1, 0.15) is 12.1 Å². The molecule has 2 heterocycles. The van der Waals surface area contributed by atoms with Gasteiger partial charge in [0.15, 0.2) is 6.10 Å². The monoisotopic (exact) mass is 312 g/mol. The molecule has 0 saturated heterocycles. The summed E-state index contributed by atoms with van der Waals surface area (Å²) in [7, 11) is 0. The molecular weight excluding hydrogens is 292 g/mol. The average Bonchev–Trinajstić information content (AvgIpc) is 3.21. The SMILES string of the molecule is C[C@H](Oc1ccc2c(c1)CCC2)C(=O)N1CCCn2ncnc21. The smallest absolute Gasteiger partial charge is 0.270 e. The fraction of sp³-hybridized carbons (Fsp3) is 0.471. The Balaban J connectivity index is 1.49. The number of fused-ring (bicyclic) bond motifs is 2. The second-order valence-electron chi connectivity index (χ2n) is 6.17. The molecule has 2 aromatic rings. The van der Waals surface area contributed by atoms with E-state index in [4.69, 9.17) is 4.74 Å². The Hall–Kier alpha value is -2.37. The summed E-state index contributed by atoms with van der Waals surface area (Å²) in [6.45, 7) is 3.26. The lowest BCUT2D eigenvalue weighted by molar-refractivity contribution is -0.124. The summed E-state index contributed by atoms with van der Waals surface area (Å²) in [4.78, 5) is 18.6. The van der Waals surface area contributed by atoms with E-state index in [1.165, 1.54) is 23.9 Å². The van der Waals surface area contributed by atoms with Crippen molar-refractivity contribution in [2.45, 2.75) is 45.3 Å². The van der Waals surface area contributed by atoms with Gasteiger partial charge in [-0.2, -0.15) is 10.1 Å². The molecule has 0 unspecified atom stereocenters. The van der Waals surface area contributed by atoms with Crippen LogP contribution in [0.25, 0.3) is 0 Å². The number of rotatable bonds is 3. The highest BCUT2D eigenvalue weighted by molar-refractivity contribution is 5.95. The normalized spacial score (nSPS) is 17.5. The molecule has 0 N–H and O–H groups in total. The Labute approximate surface area is 135 Å². The molecule has 23 heavy (non-hydrogen) atoms. The first-order chi connectivity index (χ1) is 11.2. The fourth-order valence-corrected chi connectivity index (χ4v) is 3.41. The van der Waals surface area contributed by atoms with Gasteiger partial charge in [-0.25, -0.2) is 4.68 Å². The molecule has 0 saturated carbocycles. The third kappa shape index (κ3) is 2.58. The molecule has 1 amide bonds. The number of carbonyl (C=O) groups is 1. The van der Waals surface area contributed by atoms with Crippen LogP contribution in [0, 0.1) is 0 Å². The van der Waals surface area contributed by atoms with E-state index in [9.17, 15) is 4.79 Å². The Morgan fingerprint density at radius 2 is 2.09 bits per heavy atom. The van der Waals surface area contributed by atoms with Gasteiger partial charge < -0.3 is 4.74 Å². The topological polar surface area (TPSA) is 60.2 Å². The Bertz CT molecular complexity index is 740. The van der Waals surface area contributed by atoms with Gasteiger partial charge in [0.05, 0.1) is 0 Å². The van der Waals surface area contributed by atoms with Gasteiger partial charge in [-0.1, -0.05) is 6.07 Å².